The molecule has 0 aromatic rings. The second-order valence-corrected chi connectivity index (χ2v) is 5.58. The van der Waals surface area contributed by atoms with Crippen LogP contribution in [0, 0.1) is 0 Å². The van der Waals surface area contributed by atoms with E-state index in [1.54, 1.807) is 0 Å². The summed E-state index contributed by atoms with van der Waals surface area (Å²) in [5.41, 5.74) is -2.64. The van der Waals surface area contributed by atoms with Crippen LogP contribution in [0.15, 0.2) is 0 Å². The molecule has 1 amide bonds. The van der Waals surface area contributed by atoms with Gasteiger partial charge in [0.15, 0.2) is 5.60 Å². The molecule has 2 rings (SSSR count). The van der Waals surface area contributed by atoms with Gasteiger partial charge in [-0.1, -0.05) is 0 Å². The van der Waals surface area contributed by atoms with E-state index < -0.39 is 24.6 Å². The lowest BCUT2D eigenvalue weighted by Crippen LogP contribution is -2.54. The van der Waals surface area contributed by atoms with Gasteiger partial charge in [-0.05, 0) is 19.3 Å². The van der Waals surface area contributed by atoms with Crippen LogP contribution in [0.25, 0.3) is 0 Å². The molecule has 2 aliphatic rings. The molecule has 20 heavy (non-hydrogen) atoms. The summed E-state index contributed by atoms with van der Waals surface area (Å²) >= 11 is 0. The highest BCUT2D eigenvalue weighted by Gasteiger charge is 2.54. The molecule has 0 aromatic heterocycles. The van der Waals surface area contributed by atoms with Gasteiger partial charge in [0.1, 0.15) is 0 Å². The standard InChI is InChI=1S/C13H20F3NO3/c14-13(15,16)12(19)5-7-17(8-6-12)11(18)4-3-10-2-1-9-20-10/h10,19H,1-9H2/t10-/m0/s1. The van der Waals surface area contributed by atoms with Gasteiger partial charge in [0.05, 0.1) is 6.10 Å². The molecule has 0 bridgehead atoms. The SMILES string of the molecule is O=C(CC[C@@H]1CCCO1)N1CCC(O)(C(F)(F)F)CC1. The number of alkyl halides is 3. The van der Waals surface area contributed by atoms with Gasteiger partial charge in [0, 0.05) is 39.0 Å². The Bertz CT molecular complexity index is 345. The second kappa shape index (κ2) is 5.89. The van der Waals surface area contributed by atoms with Gasteiger partial charge in [0.2, 0.25) is 5.91 Å². The van der Waals surface area contributed by atoms with E-state index in [2.05, 4.69) is 0 Å². The van der Waals surface area contributed by atoms with Crippen molar-refractivity contribution in [2.45, 2.75) is 56.4 Å². The van der Waals surface area contributed by atoms with E-state index in [4.69, 9.17) is 4.74 Å². The van der Waals surface area contributed by atoms with E-state index in [0.717, 1.165) is 19.4 Å². The largest absolute Gasteiger partial charge is 0.417 e. The Hall–Kier alpha value is -0.820. The predicted octanol–water partition coefficient (Wildman–Crippen LogP) is 1.86. The molecule has 0 spiro atoms. The number of amides is 1. The van der Waals surface area contributed by atoms with Crippen LogP contribution < -0.4 is 0 Å². The summed E-state index contributed by atoms with van der Waals surface area (Å²) < 4.78 is 43.3. The second-order valence-electron chi connectivity index (χ2n) is 5.58. The van der Waals surface area contributed by atoms with Crippen LogP contribution in [0.2, 0.25) is 0 Å². The summed E-state index contributed by atoms with van der Waals surface area (Å²) in [7, 11) is 0. The average Bonchev–Trinajstić information content (AvgIpc) is 2.88. The Kier molecular flexibility index (Phi) is 4.59. The number of piperidine rings is 1. The first-order chi connectivity index (χ1) is 9.32. The quantitative estimate of drug-likeness (QED) is 0.864. The van der Waals surface area contributed by atoms with Gasteiger partial charge >= 0.3 is 6.18 Å². The lowest BCUT2D eigenvalue weighted by Gasteiger charge is -2.39. The third-order valence-corrected chi connectivity index (χ3v) is 4.18. The zero-order chi connectivity index (χ0) is 14.8. The minimum Gasteiger partial charge on any atom is -0.380 e. The molecular formula is C13H20F3NO3. The fraction of sp³-hybridized carbons (Fsp3) is 0.923. The van der Waals surface area contributed by atoms with Crippen LogP contribution in [-0.4, -0.2) is 53.5 Å². The van der Waals surface area contributed by atoms with Gasteiger partial charge in [-0.2, -0.15) is 13.2 Å². The zero-order valence-electron chi connectivity index (χ0n) is 11.3. The Morgan fingerprint density at radius 1 is 1.35 bits per heavy atom. The van der Waals surface area contributed by atoms with Crippen LogP contribution in [0.5, 0.6) is 0 Å². The molecule has 2 heterocycles. The Labute approximate surface area is 115 Å². The molecule has 0 radical (unpaired) electrons. The molecule has 7 heteroatoms. The van der Waals surface area contributed by atoms with E-state index in [9.17, 15) is 23.1 Å². The molecule has 2 aliphatic heterocycles. The van der Waals surface area contributed by atoms with E-state index in [1.165, 1.54) is 4.90 Å². The lowest BCUT2D eigenvalue weighted by atomic mass is 9.90. The smallest absolute Gasteiger partial charge is 0.380 e. The van der Waals surface area contributed by atoms with Crippen LogP contribution in [0.1, 0.15) is 38.5 Å². The topological polar surface area (TPSA) is 49.8 Å². The summed E-state index contributed by atoms with van der Waals surface area (Å²) in [5.74, 6) is -0.148. The molecule has 2 saturated heterocycles. The summed E-state index contributed by atoms with van der Waals surface area (Å²) in [6.07, 6.45) is -2.53. The van der Waals surface area contributed by atoms with Gasteiger partial charge < -0.3 is 14.7 Å². The van der Waals surface area contributed by atoms with E-state index >= 15 is 0 Å². The summed E-state index contributed by atoms with van der Waals surface area (Å²) in [5, 5.41) is 9.53. The van der Waals surface area contributed by atoms with Crippen molar-refractivity contribution in [3.63, 3.8) is 0 Å². The number of halogens is 3. The molecular weight excluding hydrogens is 275 g/mol. The molecule has 1 atom stereocenters. The Morgan fingerprint density at radius 3 is 2.50 bits per heavy atom. The molecule has 4 nitrogen and oxygen atoms in total. The third kappa shape index (κ3) is 3.44. The molecule has 2 fully saturated rings. The Morgan fingerprint density at radius 2 is 2.00 bits per heavy atom. The van der Waals surface area contributed by atoms with Crippen LogP contribution in [0.4, 0.5) is 13.2 Å². The first-order valence-electron chi connectivity index (χ1n) is 7.00. The maximum atomic E-state index is 12.6. The van der Waals surface area contributed by atoms with Gasteiger partial charge in [0.25, 0.3) is 0 Å². The first-order valence-corrected chi connectivity index (χ1v) is 7.00. The maximum Gasteiger partial charge on any atom is 0.417 e. The number of aliphatic hydroxyl groups is 1. The minimum absolute atomic E-state index is 0.0413. The third-order valence-electron chi connectivity index (χ3n) is 4.18. The first kappa shape index (κ1) is 15.6. The van der Waals surface area contributed by atoms with Crippen molar-refractivity contribution in [2.24, 2.45) is 0 Å². The van der Waals surface area contributed by atoms with Crippen molar-refractivity contribution in [1.29, 1.82) is 0 Å². The van der Waals surface area contributed by atoms with Crippen LogP contribution in [-0.2, 0) is 9.53 Å². The monoisotopic (exact) mass is 295 g/mol. The molecule has 0 saturated carbocycles. The van der Waals surface area contributed by atoms with Crippen molar-refractivity contribution in [2.75, 3.05) is 19.7 Å². The highest BCUT2D eigenvalue weighted by Crippen LogP contribution is 2.38. The maximum absolute atomic E-state index is 12.6. The summed E-state index contributed by atoms with van der Waals surface area (Å²) in [6, 6.07) is 0. The van der Waals surface area contributed by atoms with Crippen molar-refractivity contribution in [3.8, 4) is 0 Å². The predicted molar refractivity (Wildman–Crippen MR) is 65.0 cm³/mol. The normalized spacial score (nSPS) is 26.8. The van der Waals surface area contributed by atoms with Crippen molar-refractivity contribution >= 4 is 5.91 Å². The van der Waals surface area contributed by atoms with Crippen LogP contribution >= 0.6 is 0 Å². The van der Waals surface area contributed by atoms with E-state index in [0.29, 0.717) is 12.8 Å². The number of nitrogens with zero attached hydrogens (tertiary/aromatic N) is 1. The average molecular weight is 295 g/mol. The molecule has 1 N–H and O–H groups in total. The fourth-order valence-electron chi connectivity index (χ4n) is 2.72. The minimum atomic E-state index is -4.63. The number of hydrogen-bond acceptors (Lipinski definition) is 3. The highest BCUT2D eigenvalue weighted by molar-refractivity contribution is 5.76. The van der Waals surface area contributed by atoms with Gasteiger partial charge in [-0.3, -0.25) is 4.79 Å². The number of ether oxygens (including phenoxy) is 1. The van der Waals surface area contributed by atoms with Crippen molar-refractivity contribution < 1.29 is 27.8 Å². The van der Waals surface area contributed by atoms with Crippen LogP contribution in [0.3, 0.4) is 0 Å². The van der Waals surface area contributed by atoms with E-state index in [1.807, 2.05) is 0 Å². The molecule has 0 aromatic carbocycles. The molecule has 0 aliphatic carbocycles. The molecule has 0 unspecified atom stereocenters. The Balaban J connectivity index is 1.76. The van der Waals surface area contributed by atoms with Gasteiger partial charge in [-0.25, -0.2) is 0 Å². The highest BCUT2D eigenvalue weighted by atomic mass is 19.4. The number of hydrogen-bond donors (Lipinski definition) is 1. The summed E-state index contributed by atoms with van der Waals surface area (Å²) in [6.45, 7) is 0.641. The van der Waals surface area contributed by atoms with E-state index in [-0.39, 0.29) is 25.1 Å². The zero-order valence-corrected chi connectivity index (χ0v) is 11.3. The van der Waals surface area contributed by atoms with Crippen molar-refractivity contribution in [3.05, 3.63) is 0 Å². The molecule has 116 valence electrons. The summed E-state index contributed by atoms with van der Waals surface area (Å²) in [4.78, 5) is 13.3. The van der Waals surface area contributed by atoms with Crippen molar-refractivity contribution in [1.82, 2.24) is 4.90 Å². The number of carbonyl (C=O) groups excluding carboxylic acids is 1. The number of carbonyl (C=O) groups is 1. The number of likely N-dealkylation sites (tertiary alicyclic amines) is 1. The lowest BCUT2D eigenvalue weighted by molar-refractivity contribution is -0.272. The fourth-order valence-corrected chi connectivity index (χ4v) is 2.72. The van der Waals surface area contributed by atoms with Gasteiger partial charge in [-0.15, -0.1) is 0 Å². The number of rotatable bonds is 3.